The minimum atomic E-state index is -4.24. The van der Waals surface area contributed by atoms with Gasteiger partial charge in [0.15, 0.2) is 0 Å². The van der Waals surface area contributed by atoms with E-state index in [1.54, 1.807) is 24.3 Å². The Kier molecular flexibility index (Phi) is 6.50. The normalized spacial score (nSPS) is 11.9. The Bertz CT molecular complexity index is 1630. The molecule has 0 saturated heterocycles. The molecule has 0 aliphatic carbocycles. The van der Waals surface area contributed by atoms with E-state index in [1.807, 2.05) is 0 Å². The van der Waals surface area contributed by atoms with E-state index in [0.717, 1.165) is 0 Å². The van der Waals surface area contributed by atoms with Crippen molar-refractivity contribution in [3.8, 4) is 0 Å². The van der Waals surface area contributed by atoms with Crippen molar-refractivity contribution in [2.45, 2.75) is 16.9 Å². The molecule has 0 radical (unpaired) electrons. The average molecular weight is 535 g/mol. The van der Waals surface area contributed by atoms with Crippen molar-refractivity contribution in [3.05, 3.63) is 82.9 Å². The molecule has 0 saturated carbocycles. The van der Waals surface area contributed by atoms with Crippen LogP contribution in [0.1, 0.15) is 15.9 Å². The van der Waals surface area contributed by atoms with Gasteiger partial charge in [-0.05, 0) is 48.9 Å². The maximum Gasteiger partial charge on any atom is 0.338 e. The van der Waals surface area contributed by atoms with Crippen LogP contribution in [0.5, 0.6) is 0 Å². The van der Waals surface area contributed by atoms with Crippen molar-refractivity contribution in [2.75, 3.05) is 16.6 Å². The molecule has 2 N–H and O–H groups in total. The third-order valence-corrected chi connectivity index (χ3v) is 8.08. The Balaban J connectivity index is 1.71. The lowest BCUT2D eigenvalue weighted by Crippen LogP contribution is -2.19. The number of furan rings is 1. The second kappa shape index (κ2) is 9.25. The maximum absolute atomic E-state index is 13.2. The van der Waals surface area contributed by atoms with E-state index in [-0.39, 0.29) is 37.5 Å². The van der Waals surface area contributed by atoms with Crippen LogP contribution in [-0.4, -0.2) is 29.9 Å². The quantitative estimate of drug-likeness (QED) is 0.326. The minimum absolute atomic E-state index is 0.0808. The lowest BCUT2D eigenvalue weighted by atomic mass is 10.1. The van der Waals surface area contributed by atoms with Crippen molar-refractivity contribution in [2.24, 2.45) is 0 Å². The second-order valence-corrected chi connectivity index (χ2v) is 11.1. The number of hydrogen-bond acceptors (Lipinski definition) is 7. The number of rotatable bonds is 7. The number of sulfonamides is 2. The summed E-state index contributed by atoms with van der Waals surface area (Å²) in [6.07, 6.45) is 0. The summed E-state index contributed by atoms with van der Waals surface area (Å²) in [4.78, 5) is 11.8. The summed E-state index contributed by atoms with van der Waals surface area (Å²) in [5.74, 6) is -0.690. The number of carbonyl (C=O) groups is 1. The number of hydrogen-bond donors (Lipinski definition) is 2. The van der Waals surface area contributed by atoms with Gasteiger partial charge < -0.3 is 9.15 Å². The van der Waals surface area contributed by atoms with E-state index in [1.165, 1.54) is 56.5 Å². The summed E-state index contributed by atoms with van der Waals surface area (Å²) in [5, 5.41) is 0.397. The third-order valence-electron chi connectivity index (χ3n) is 5.12. The van der Waals surface area contributed by atoms with E-state index in [0.29, 0.717) is 11.0 Å². The summed E-state index contributed by atoms with van der Waals surface area (Å²) in [6.45, 7) is 1.47. The molecule has 12 heteroatoms. The number of nitrogens with one attached hydrogen (secondary N) is 2. The molecule has 3 aromatic carbocycles. The Hall–Kier alpha value is -3.54. The molecular weight excluding hydrogens is 516 g/mol. The van der Waals surface area contributed by atoms with Crippen LogP contribution in [-0.2, 0) is 24.8 Å². The molecule has 35 heavy (non-hydrogen) atoms. The van der Waals surface area contributed by atoms with Gasteiger partial charge in [-0.15, -0.1) is 0 Å². The molecule has 0 fully saturated rings. The molecule has 0 aliphatic rings. The predicted molar refractivity (Wildman–Crippen MR) is 132 cm³/mol. The molecule has 1 heterocycles. The fourth-order valence-corrected chi connectivity index (χ4v) is 5.97. The summed E-state index contributed by atoms with van der Waals surface area (Å²) >= 11 is 6.05. The van der Waals surface area contributed by atoms with Crippen LogP contribution in [0.3, 0.4) is 0 Å². The summed E-state index contributed by atoms with van der Waals surface area (Å²) in [6, 6.07) is 16.3. The largest absolute Gasteiger partial charge is 0.465 e. The van der Waals surface area contributed by atoms with Crippen LogP contribution < -0.4 is 9.44 Å². The first-order valence-electron chi connectivity index (χ1n) is 10.0. The SMILES string of the molecule is COC(=O)c1cccc(S(=O)(=O)Nc2ccc(Cl)cc2NS(=O)(=O)c2cc3ccccc3o2)c1C. The lowest BCUT2D eigenvalue weighted by Gasteiger charge is -2.16. The molecule has 9 nitrogen and oxygen atoms in total. The number of anilines is 2. The lowest BCUT2D eigenvalue weighted by molar-refractivity contribution is 0.0599. The number of ether oxygens (including phenoxy) is 1. The third kappa shape index (κ3) is 4.97. The van der Waals surface area contributed by atoms with Crippen molar-refractivity contribution in [3.63, 3.8) is 0 Å². The molecule has 182 valence electrons. The van der Waals surface area contributed by atoms with Gasteiger partial charge in [-0.25, -0.2) is 13.2 Å². The van der Waals surface area contributed by atoms with Gasteiger partial charge >= 0.3 is 5.97 Å². The highest BCUT2D eigenvalue weighted by Gasteiger charge is 2.25. The first-order chi connectivity index (χ1) is 16.5. The number of benzene rings is 3. The van der Waals surface area contributed by atoms with Gasteiger partial charge in [0.05, 0.1) is 28.9 Å². The molecular formula is C23H19ClN2O7S2. The van der Waals surface area contributed by atoms with Crippen LogP contribution in [0.2, 0.25) is 5.02 Å². The van der Waals surface area contributed by atoms with Crippen LogP contribution in [0.4, 0.5) is 11.4 Å². The number of methoxy groups -OCH3 is 1. The molecule has 1 aromatic heterocycles. The van der Waals surface area contributed by atoms with Crippen molar-refractivity contribution in [1.82, 2.24) is 0 Å². The number of esters is 1. The second-order valence-electron chi connectivity index (χ2n) is 7.42. The molecule has 4 aromatic rings. The van der Waals surface area contributed by atoms with Crippen molar-refractivity contribution < 1.29 is 30.8 Å². The van der Waals surface area contributed by atoms with Crippen LogP contribution in [0.15, 0.2) is 81.1 Å². The molecule has 0 atom stereocenters. The highest BCUT2D eigenvalue weighted by Crippen LogP contribution is 2.32. The van der Waals surface area contributed by atoms with E-state index in [2.05, 4.69) is 9.44 Å². The number of carbonyl (C=O) groups excluding carboxylic acids is 1. The van der Waals surface area contributed by atoms with Crippen LogP contribution in [0, 0.1) is 6.92 Å². The van der Waals surface area contributed by atoms with Crippen molar-refractivity contribution >= 4 is 60.0 Å². The molecule has 0 bridgehead atoms. The summed E-state index contributed by atoms with van der Waals surface area (Å²) in [7, 11) is -7.29. The van der Waals surface area contributed by atoms with Gasteiger partial charge in [-0.3, -0.25) is 9.44 Å². The fraction of sp³-hybridized carbons (Fsp3) is 0.0870. The number of para-hydroxylation sites is 1. The number of fused-ring (bicyclic) bond motifs is 1. The first-order valence-corrected chi connectivity index (χ1v) is 13.4. The number of halogens is 1. The zero-order chi connectivity index (χ0) is 25.4. The summed E-state index contributed by atoms with van der Waals surface area (Å²) < 4.78 is 67.2. The monoisotopic (exact) mass is 534 g/mol. The highest BCUT2D eigenvalue weighted by atomic mass is 35.5. The maximum atomic E-state index is 13.2. The van der Waals surface area contributed by atoms with Gasteiger partial charge in [0.25, 0.3) is 20.0 Å². The Morgan fingerprint density at radius 1 is 0.886 bits per heavy atom. The molecule has 0 aliphatic heterocycles. The van der Waals surface area contributed by atoms with Gasteiger partial charge in [0.1, 0.15) is 5.58 Å². The zero-order valence-corrected chi connectivity index (χ0v) is 20.8. The van der Waals surface area contributed by atoms with Crippen LogP contribution in [0.25, 0.3) is 11.0 Å². The standard InChI is InChI=1S/C23H19ClN2O7S2/c1-14-17(23(27)32-2)7-5-9-21(14)34(28,29)25-18-11-10-16(24)13-19(18)26-35(30,31)22-12-15-6-3-4-8-20(15)33-22/h3-13,25-26H,1-2H3. The molecule has 4 rings (SSSR count). The minimum Gasteiger partial charge on any atom is -0.465 e. The van der Waals surface area contributed by atoms with E-state index >= 15 is 0 Å². The van der Waals surface area contributed by atoms with E-state index in [4.69, 9.17) is 20.8 Å². The van der Waals surface area contributed by atoms with Gasteiger partial charge in [-0.2, -0.15) is 8.42 Å². The van der Waals surface area contributed by atoms with E-state index in [9.17, 15) is 21.6 Å². The Morgan fingerprint density at radius 2 is 1.60 bits per heavy atom. The molecule has 0 unspecified atom stereocenters. The van der Waals surface area contributed by atoms with Gasteiger partial charge in [0, 0.05) is 16.5 Å². The smallest absolute Gasteiger partial charge is 0.338 e. The molecule has 0 amide bonds. The van der Waals surface area contributed by atoms with E-state index < -0.39 is 26.0 Å². The fourth-order valence-electron chi connectivity index (χ4n) is 3.41. The Labute approximate surface area is 206 Å². The average Bonchev–Trinajstić information content (AvgIpc) is 3.26. The van der Waals surface area contributed by atoms with Crippen LogP contribution >= 0.6 is 11.6 Å². The molecule has 0 spiro atoms. The first kappa shape index (κ1) is 24.6. The predicted octanol–water partition coefficient (Wildman–Crippen LogP) is 4.78. The van der Waals surface area contributed by atoms with Gasteiger partial charge in [-0.1, -0.05) is 35.9 Å². The highest BCUT2D eigenvalue weighted by molar-refractivity contribution is 7.93. The topological polar surface area (TPSA) is 132 Å². The Morgan fingerprint density at radius 3 is 2.31 bits per heavy atom. The summed E-state index contributed by atoms with van der Waals surface area (Å²) in [5.41, 5.74) is 0.420. The van der Waals surface area contributed by atoms with Crippen molar-refractivity contribution in [1.29, 1.82) is 0 Å². The zero-order valence-electron chi connectivity index (χ0n) is 18.4. The van der Waals surface area contributed by atoms with Gasteiger partial charge in [0.2, 0.25) is 5.09 Å².